The van der Waals surface area contributed by atoms with Crippen LogP contribution in [0.3, 0.4) is 0 Å². The molecule has 0 radical (unpaired) electrons. The minimum Gasteiger partial charge on any atom is -0.396 e. The molecule has 6 heteroatoms. The Labute approximate surface area is 135 Å². The molecule has 1 saturated heterocycles. The molecule has 1 amide bonds. The normalized spacial score (nSPS) is 21.4. The molecule has 1 aliphatic heterocycles. The van der Waals surface area contributed by atoms with Crippen LogP contribution in [0, 0.1) is 18.8 Å². The van der Waals surface area contributed by atoms with Gasteiger partial charge in [-0.2, -0.15) is 5.10 Å². The van der Waals surface area contributed by atoms with Crippen LogP contribution >= 0.6 is 0 Å². The minimum atomic E-state index is 0.0398. The summed E-state index contributed by atoms with van der Waals surface area (Å²) >= 11 is 0. The molecule has 1 fully saturated rings. The molecule has 0 bridgehead atoms. The minimum absolute atomic E-state index is 0.0398. The molecule has 2 atom stereocenters. The van der Waals surface area contributed by atoms with Crippen molar-refractivity contribution in [3.63, 3.8) is 0 Å². The SMILES string of the molecule is Cc1cc(-n2cncn2)ccc1C(=O)N1CCC(C)C(CO)C1. The van der Waals surface area contributed by atoms with Crippen molar-refractivity contribution in [3.8, 4) is 5.69 Å². The largest absolute Gasteiger partial charge is 0.396 e. The number of rotatable bonds is 3. The van der Waals surface area contributed by atoms with Crippen molar-refractivity contribution in [2.75, 3.05) is 19.7 Å². The number of aromatic nitrogens is 3. The molecule has 122 valence electrons. The molecule has 0 saturated carbocycles. The number of aliphatic hydroxyl groups excluding tert-OH is 1. The molecule has 2 heterocycles. The Hall–Kier alpha value is -2.21. The van der Waals surface area contributed by atoms with E-state index in [4.69, 9.17) is 0 Å². The zero-order valence-electron chi connectivity index (χ0n) is 13.5. The Balaban J connectivity index is 1.80. The monoisotopic (exact) mass is 314 g/mol. The molecule has 2 aromatic rings. The Bertz CT molecular complexity index is 684. The van der Waals surface area contributed by atoms with Crippen molar-refractivity contribution >= 4 is 5.91 Å². The summed E-state index contributed by atoms with van der Waals surface area (Å²) in [6.07, 6.45) is 4.06. The summed E-state index contributed by atoms with van der Waals surface area (Å²) in [6.45, 7) is 5.58. The van der Waals surface area contributed by atoms with Crippen molar-refractivity contribution in [2.24, 2.45) is 11.8 Å². The van der Waals surface area contributed by atoms with E-state index in [1.165, 1.54) is 6.33 Å². The molecule has 3 rings (SSSR count). The molecule has 0 aliphatic carbocycles. The first-order chi connectivity index (χ1) is 11.1. The van der Waals surface area contributed by atoms with Crippen LogP contribution in [0.5, 0.6) is 0 Å². The number of likely N-dealkylation sites (tertiary alicyclic amines) is 1. The van der Waals surface area contributed by atoms with E-state index in [1.54, 1.807) is 11.0 Å². The summed E-state index contributed by atoms with van der Waals surface area (Å²) < 4.78 is 1.67. The predicted octanol–water partition coefficient (Wildman–Crippen LogP) is 1.67. The maximum Gasteiger partial charge on any atom is 0.254 e. The second kappa shape index (κ2) is 6.50. The van der Waals surface area contributed by atoms with Gasteiger partial charge in [0.15, 0.2) is 0 Å². The number of hydrogen-bond acceptors (Lipinski definition) is 4. The first-order valence-corrected chi connectivity index (χ1v) is 7.96. The number of amides is 1. The van der Waals surface area contributed by atoms with Gasteiger partial charge in [-0.05, 0) is 43.0 Å². The van der Waals surface area contributed by atoms with Crippen LogP contribution in [0.2, 0.25) is 0 Å². The Morgan fingerprint density at radius 1 is 1.43 bits per heavy atom. The highest BCUT2D eigenvalue weighted by Gasteiger charge is 2.29. The van der Waals surface area contributed by atoms with Crippen molar-refractivity contribution < 1.29 is 9.90 Å². The van der Waals surface area contributed by atoms with Crippen molar-refractivity contribution in [3.05, 3.63) is 42.0 Å². The second-order valence-electron chi connectivity index (χ2n) is 6.30. The third kappa shape index (κ3) is 3.12. The Kier molecular flexibility index (Phi) is 4.43. The topological polar surface area (TPSA) is 71.2 Å². The van der Waals surface area contributed by atoms with E-state index in [-0.39, 0.29) is 18.4 Å². The molecular formula is C17H22N4O2. The summed E-state index contributed by atoms with van der Waals surface area (Å²) in [5.74, 6) is 0.667. The lowest BCUT2D eigenvalue weighted by atomic mass is 9.87. The molecule has 1 aromatic carbocycles. The molecule has 1 aliphatic rings. The third-order valence-electron chi connectivity index (χ3n) is 4.76. The van der Waals surface area contributed by atoms with Gasteiger partial charge in [0, 0.05) is 31.2 Å². The van der Waals surface area contributed by atoms with Gasteiger partial charge in [0.1, 0.15) is 12.7 Å². The predicted molar refractivity (Wildman–Crippen MR) is 86.4 cm³/mol. The van der Waals surface area contributed by atoms with E-state index in [1.807, 2.05) is 30.0 Å². The highest BCUT2D eigenvalue weighted by molar-refractivity contribution is 5.96. The fourth-order valence-corrected chi connectivity index (χ4v) is 3.11. The van der Waals surface area contributed by atoms with E-state index in [0.717, 1.165) is 24.2 Å². The molecule has 2 unspecified atom stereocenters. The molecule has 1 aromatic heterocycles. The summed E-state index contributed by atoms with van der Waals surface area (Å²) in [6, 6.07) is 5.67. The number of carbonyl (C=O) groups is 1. The van der Waals surface area contributed by atoms with E-state index in [0.29, 0.717) is 18.0 Å². The van der Waals surface area contributed by atoms with Crippen LogP contribution in [0.25, 0.3) is 5.69 Å². The average Bonchev–Trinajstić information content (AvgIpc) is 3.09. The molecule has 0 spiro atoms. The van der Waals surface area contributed by atoms with Gasteiger partial charge in [-0.3, -0.25) is 4.79 Å². The van der Waals surface area contributed by atoms with Crippen LogP contribution in [0.4, 0.5) is 0 Å². The summed E-state index contributed by atoms with van der Waals surface area (Å²) in [5, 5.41) is 13.6. The maximum absolute atomic E-state index is 12.8. The fraction of sp³-hybridized carbons (Fsp3) is 0.471. The van der Waals surface area contributed by atoms with Crippen molar-refractivity contribution in [1.29, 1.82) is 0 Å². The number of carbonyl (C=O) groups excluding carboxylic acids is 1. The van der Waals surface area contributed by atoms with Gasteiger partial charge >= 0.3 is 0 Å². The van der Waals surface area contributed by atoms with E-state index in [2.05, 4.69) is 17.0 Å². The summed E-state index contributed by atoms with van der Waals surface area (Å²) in [5.41, 5.74) is 2.51. The number of aliphatic hydroxyl groups is 1. The third-order valence-corrected chi connectivity index (χ3v) is 4.76. The van der Waals surface area contributed by atoms with Gasteiger partial charge in [-0.25, -0.2) is 9.67 Å². The highest BCUT2D eigenvalue weighted by atomic mass is 16.3. The van der Waals surface area contributed by atoms with E-state index >= 15 is 0 Å². The zero-order chi connectivity index (χ0) is 16.4. The van der Waals surface area contributed by atoms with Gasteiger partial charge < -0.3 is 10.0 Å². The van der Waals surface area contributed by atoms with Crippen LogP contribution in [0.1, 0.15) is 29.3 Å². The van der Waals surface area contributed by atoms with E-state index < -0.39 is 0 Å². The number of aryl methyl sites for hydroxylation is 1. The number of piperidine rings is 1. The maximum atomic E-state index is 12.8. The lowest BCUT2D eigenvalue weighted by Crippen LogP contribution is -2.44. The highest BCUT2D eigenvalue weighted by Crippen LogP contribution is 2.25. The van der Waals surface area contributed by atoms with Gasteiger partial charge in [0.25, 0.3) is 5.91 Å². The fourth-order valence-electron chi connectivity index (χ4n) is 3.11. The Morgan fingerprint density at radius 3 is 2.91 bits per heavy atom. The lowest BCUT2D eigenvalue weighted by Gasteiger charge is -2.36. The zero-order valence-corrected chi connectivity index (χ0v) is 13.5. The van der Waals surface area contributed by atoms with Crippen LogP contribution < -0.4 is 0 Å². The van der Waals surface area contributed by atoms with Crippen LogP contribution in [-0.2, 0) is 0 Å². The summed E-state index contributed by atoms with van der Waals surface area (Å²) in [7, 11) is 0. The molecule has 6 nitrogen and oxygen atoms in total. The Morgan fingerprint density at radius 2 is 2.26 bits per heavy atom. The summed E-state index contributed by atoms with van der Waals surface area (Å²) in [4.78, 5) is 18.6. The van der Waals surface area contributed by atoms with Gasteiger partial charge in [-0.1, -0.05) is 6.92 Å². The van der Waals surface area contributed by atoms with Gasteiger partial charge in [0.2, 0.25) is 0 Å². The number of hydrogen-bond donors (Lipinski definition) is 1. The smallest absolute Gasteiger partial charge is 0.254 e. The first-order valence-electron chi connectivity index (χ1n) is 7.96. The molecule has 1 N–H and O–H groups in total. The quantitative estimate of drug-likeness (QED) is 0.935. The van der Waals surface area contributed by atoms with Gasteiger partial charge in [0.05, 0.1) is 5.69 Å². The standard InChI is InChI=1S/C17H22N4O2/c1-12-5-6-20(8-14(12)9-22)17(23)16-4-3-15(7-13(16)2)21-11-18-10-19-21/h3-4,7,10-12,14,22H,5-6,8-9H2,1-2H3. The number of nitrogens with zero attached hydrogens (tertiary/aromatic N) is 4. The second-order valence-corrected chi connectivity index (χ2v) is 6.30. The first kappa shape index (κ1) is 15.7. The molecule has 23 heavy (non-hydrogen) atoms. The van der Waals surface area contributed by atoms with Crippen molar-refractivity contribution in [1.82, 2.24) is 19.7 Å². The van der Waals surface area contributed by atoms with E-state index in [9.17, 15) is 9.90 Å². The lowest BCUT2D eigenvalue weighted by molar-refractivity contribution is 0.0511. The molecular weight excluding hydrogens is 292 g/mol. The van der Waals surface area contributed by atoms with Crippen LogP contribution in [-0.4, -0.2) is 50.4 Å². The van der Waals surface area contributed by atoms with Crippen LogP contribution in [0.15, 0.2) is 30.9 Å². The number of benzene rings is 1. The van der Waals surface area contributed by atoms with Gasteiger partial charge in [-0.15, -0.1) is 0 Å². The average molecular weight is 314 g/mol. The van der Waals surface area contributed by atoms with Crippen molar-refractivity contribution in [2.45, 2.75) is 20.3 Å².